The van der Waals surface area contributed by atoms with E-state index in [1.807, 2.05) is 6.07 Å². The Kier molecular flexibility index (Phi) is 3.88. The number of nitrogens with two attached hydrogens (primary N) is 1. The molecule has 1 aromatic carbocycles. The Balaban J connectivity index is 2.59. The summed E-state index contributed by atoms with van der Waals surface area (Å²) < 4.78 is 15.6. The molecule has 1 atom stereocenters. The van der Waals surface area contributed by atoms with E-state index in [2.05, 4.69) is 18.9 Å². The molecule has 0 spiro atoms. The molecule has 0 fully saturated rings. The highest BCUT2D eigenvalue weighted by Gasteiger charge is 2.21. The van der Waals surface area contributed by atoms with E-state index in [4.69, 9.17) is 5.73 Å². The standard InChI is InChI=1S/C15H20FN3/c1-4-7-10(2)14-13(15(17)19(3)18-14)11-8-5-6-9-12(11)16/h5-6,8-10H,4,7,17H2,1-3H3. The highest BCUT2D eigenvalue weighted by Crippen LogP contribution is 2.36. The number of aryl methyl sites for hydroxylation is 1. The molecule has 102 valence electrons. The summed E-state index contributed by atoms with van der Waals surface area (Å²) in [6.07, 6.45) is 2.08. The number of benzene rings is 1. The molecule has 3 nitrogen and oxygen atoms in total. The topological polar surface area (TPSA) is 43.8 Å². The van der Waals surface area contributed by atoms with Crippen LogP contribution in [0.2, 0.25) is 0 Å². The lowest BCUT2D eigenvalue weighted by Gasteiger charge is -2.10. The molecule has 1 unspecified atom stereocenters. The van der Waals surface area contributed by atoms with Gasteiger partial charge in [-0.15, -0.1) is 0 Å². The molecule has 2 N–H and O–H groups in total. The number of nitrogens with zero attached hydrogens (tertiary/aromatic N) is 2. The Morgan fingerprint density at radius 3 is 2.68 bits per heavy atom. The van der Waals surface area contributed by atoms with Crippen molar-refractivity contribution in [1.29, 1.82) is 0 Å². The Morgan fingerprint density at radius 2 is 2.05 bits per heavy atom. The van der Waals surface area contributed by atoms with Crippen molar-refractivity contribution in [2.45, 2.75) is 32.6 Å². The van der Waals surface area contributed by atoms with E-state index in [1.54, 1.807) is 23.9 Å². The van der Waals surface area contributed by atoms with Crippen LogP contribution in [-0.2, 0) is 7.05 Å². The Hall–Kier alpha value is -1.84. The maximum atomic E-state index is 14.0. The molecule has 0 aliphatic carbocycles. The molecule has 0 radical (unpaired) electrons. The first-order chi connectivity index (χ1) is 9.06. The first kappa shape index (κ1) is 13.6. The molecule has 0 saturated carbocycles. The van der Waals surface area contributed by atoms with Crippen molar-refractivity contribution in [2.24, 2.45) is 7.05 Å². The van der Waals surface area contributed by atoms with E-state index in [0.29, 0.717) is 11.4 Å². The number of anilines is 1. The van der Waals surface area contributed by atoms with Gasteiger partial charge in [0.15, 0.2) is 0 Å². The molecule has 2 rings (SSSR count). The average molecular weight is 261 g/mol. The third-order valence-electron chi connectivity index (χ3n) is 3.45. The van der Waals surface area contributed by atoms with Gasteiger partial charge in [-0.05, 0) is 12.5 Å². The molecule has 0 saturated heterocycles. The van der Waals surface area contributed by atoms with Crippen molar-refractivity contribution in [1.82, 2.24) is 9.78 Å². The zero-order valence-corrected chi connectivity index (χ0v) is 11.7. The molecule has 19 heavy (non-hydrogen) atoms. The van der Waals surface area contributed by atoms with Crippen molar-refractivity contribution in [3.05, 3.63) is 35.8 Å². The van der Waals surface area contributed by atoms with Gasteiger partial charge in [0.05, 0.1) is 11.3 Å². The molecule has 1 aromatic heterocycles. The minimum absolute atomic E-state index is 0.257. The molecule has 0 aliphatic heterocycles. The lowest BCUT2D eigenvalue weighted by atomic mass is 9.94. The van der Waals surface area contributed by atoms with Crippen LogP contribution in [0.3, 0.4) is 0 Å². The summed E-state index contributed by atoms with van der Waals surface area (Å²) in [7, 11) is 1.79. The van der Waals surface area contributed by atoms with Gasteiger partial charge in [-0.2, -0.15) is 5.10 Å². The minimum Gasteiger partial charge on any atom is -0.383 e. The summed E-state index contributed by atoms with van der Waals surface area (Å²) in [4.78, 5) is 0. The first-order valence-electron chi connectivity index (χ1n) is 6.63. The monoisotopic (exact) mass is 261 g/mol. The number of halogens is 1. The zero-order chi connectivity index (χ0) is 14.0. The van der Waals surface area contributed by atoms with Gasteiger partial charge in [-0.1, -0.05) is 38.5 Å². The van der Waals surface area contributed by atoms with Crippen LogP contribution in [0.1, 0.15) is 38.3 Å². The van der Waals surface area contributed by atoms with Crippen LogP contribution in [0.4, 0.5) is 10.2 Å². The summed E-state index contributed by atoms with van der Waals surface area (Å²) in [6, 6.07) is 6.71. The molecule has 1 heterocycles. The zero-order valence-electron chi connectivity index (χ0n) is 11.7. The summed E-state index contributed by atoms with van der Waals surface area (Å²) in [6.45, 7) is 4.24. The van der Waals surface area contributed by atoms with Gasteiger partial charge >= 0.3 is 0 Å². The Bertz CT molecular complexity index is 575. The van der Waals surface area contributed by atoms with Gasteiger partial charge in [0, 0.05) is 18.5 Å². The van der Waals surface area contributed by atoms with Gasteiger partial charge < -0.3 is 5.73 Å². The molecule has 0 bridgehead atoms. The number of hydrogen-bond acceptors (Lipinski definition) is 2. The molecular formula is C15H20FN3. The van der Waals surface area contributed by atoms with Gasteiger partial charge in [-0.3, -0.25) is 4.68 Å². The third kappa shape index (κ3) is 2.48. The van der Waals surface area contributed by atoms with Gasteiger partial charge in [0.2, 0.25) is 0 Å². The second kappa shape index (κ2) is 5.43. The van der Waals surface area contributed by atoms with Gasteiger partial charge in [-0.25, -0.2) is 4.39 Å². The average Bonchev–Trinajstić information content (AvgIpc) is 2.67. The van der Waals surface area contributed by atoms with Crippen LogP contribution in [0, 0.1) is 5.82 Å². The van der Waals surface area contributed by atoms with Crippen molar-refractivity contribution >= 4 is 5.82 Å². The summed E-state index contributed by atoms with van der Waals surface area (Å²) >= 11 is 0. The van der Waals surface area contributed by atoms with Crippen LogP contribution in [0.5, 0.6) is 0 Å². The number of nitrogen functional groups attached to an aromatic ring is 1. The normalized spacial score (nSPS) is 12.6. The van der Waals surface area contributed by atoms with Crippen molar-refractivity contribution in [2.75, 3.05) is 5.73 Å². The van der Waals surface area contributed by atoms with E-state index < -0.39 is 0 Å². The van der Waals surface area contributed by atoms with Crippen molar-refractivity contribution < 1.29 is 4.39 Å². The van der Waals surface area contributed by atoms with Crippen LogP contribution in [0.15, 0.2) is 24.3 Å². The fraction of sp³-hybridized carbons (Fsp3) is 0.400. The Labute approximate surface area is 113 Å². The van der Waals surface area contributed by atoms with Crippen LogP contribution in [-0.4, -0.2) is 9.78 Å². The fourth-order valence-corrected chi connectivity index (χ4v) is 2.41. The minimum atomic E-state index is -0.257. The van der Waals surface area contributed by atoms with Crippen LogP contribution < -0.4 is 5.73 Å². The second-order valence-electron chi connectivity index (χ2n) is 4.94. The largest absolute Gasteiger partial charge is 0.383 e. The summed E-state index contributed by atoms with van der Waals surface area (Å²) in [5.74, 6) is 0.526. The molecular weight excluding hydrogens is 241 g/mol. The third-order valence-corrected chi connectivity index (χ3v) is 3.45. The number of rotatable bonds is 4. The van der Waals surface area contributed by atoms with Gasteiger partial charge in [0.1, 0.15) is 11.6 Å². The highest BCUT2D eigenvalue weighted by atomic mass is 19.1. The molecule has 0 aliphatic rings. The van der Waals surface area contributed by atoms with E-state index in [0.717, 1.165) is 24.1 Å². The maximum absolute atomic E-state index is 14.0. The van der Waals surface area contributed by atoms with Gasteiger partial charge in [0.25, 0.3) is 0 Å². The van der Waals surface area contributed by atoms with E-state index in [-0.39, 0.29) is 11.7 Å². The lowest BCUT2D eigenvalue weighted by Crippen LogP contribution is -1.98. The predicted molar refractivity (Wildman–Crippen MR) is 76.3 cm³/mol. The number of aromatic nitrogens is 2. The van der Waals surface area contributed by atoms with Crippen LogP contribution in [0.25, 0.3) is 11.1 Å². The maximum Gasteiger partial charge on any atom is 0.131 e. The predicted octanol–water partition coefficient (Wildman–Crippen LogP) is 3.71. The second-order valence-corrected chi connectivity index (χ2v) is 4.94. The summed E-state index contributed by atoms with van der Waals surface area (Å²) in [5, 5.41) is 4.47. The molecule has 4 heteroatoms. The lowest BCUT2D eigenvalue weighted by molar-refractivity contribution is 0.622. The van der Waals surface area contributed by atoms with E-state index in [1.165, 1.54) is 6.07 Å². The van der Waals surface area contributed by atoms with Crippen molar-refractivity contribution in [3.8, 4) is 11.1 Å². The molecule has 2 aromatic rings. The Morgan fingerprint density at radius 1 is 1.37 bits per heavy atom. The SMILES string of the molecule is CCCC(C)c1nn(C)c(N)c1-c1ccccc1F. The quantitative estimate of drug-likeness (QED) is 0.911. The fourth-order valence-electron chi connectivity index (χ4n) is 2.41. The van der Waals surface area contributed by atoms with Crippen molar-refractivity contribution in [3.63, 3.8) is 0 Å². The number of hydrogen-bond donors (Lipinski definition) is 1. The highest BCUT2D eigenvalue weighted by molar-refractivity contribution is 5.77. The molecule has 0 amide bonds. The van der Waals surface area contributed by atoms with Crippen LogP contribution >= 0.6 is 0 Å². The van der Waals surface area contributed by atoms with E-state index in [9.17, 15) is 4.39 Å². The summed E-state index contributed by atoms with van der Waals surface area (Å²) in [5.41, 5.74) is 8.22. The van der Waals surface area contributed by atoms with E-state index >= 15 is 0 Å². The smallest absolute Gasteiger partial charge is 0.131 e. The first-order valence-corrected chi connectivity index (χ1v) is 6.63.